The lowest BCUT2D eigenvalue weighted by Gasteiger charge is -2.42. The molecule has 0 aromatic heterocycles. The largest absolute Gasteiger partial charge is 0.508 e. The van der Waals surface area contributed by atoms with E-state index in [1.54, 1.807) is 6.07 Å². The summed E-state index contributed by atoms with van der Waals surface area (Å²) in [7, 11) is 0. The molecule has 0 saturated heterocycles. The van der Waals surface area contributed by atoms with Gasteiger partial charge in [0.2, 0.25) is 0 Å². The number of benzene rings is 1. The molecule has 2 nitrogen and oxygen atoms in total. The molecule has 0 amide bonds. The molecule has 82 valence electrons. The molecule has 15 heavy (non-hydrogen) atoms. The van der Waals surface area contributed by atoms with Crippen LogP contribution in [0.4, 0.5) is 5.69 Å². The Morgan fingerprint density at radius 2 is 2.27 bits per heavy atom. The third kappa shape index (κ3) is 1.69. The van der Waals surface area contributed by atoms with E-state index < -0.39 is 0 Å². The number of phenolic OH excluding ortho intramolecular Hbond substituents is 1. The number of aromatic hydroxyl groups is 1. The fourth-order valence-corrected chi connectivity index (χ4v) is 2.29. The van der Waals surface area contributed by atoms with Crippen molar-refractivity contribution in [1.82, 2.24) is 0 Å². The highest BCUT2D eigenvalue weighted by atomic mass is 16.3. The summed E-state index contributed by atoms with van der Waals surface area (Å²) in [4.78, 5) is 0. The fraction of sp³-hybridized carbons (Fsp3) is 0.538. The lowest BCUT2D eigenvalue weighted by molar-refractivity contribution is 0.322. The van der Waals surface area contributed by atoms with Crippen molar-refractivity contribution in [2.75, 3.05) is 5.32 Å². The third-order valence-electron chi connectivity index (χ3n) is 3.86. The Balaban J connectivity index is 2.38. The van der Waals surface area contributed by atoms with Gasteiger partial charge in [0.1, 0.15) is 5.75 Å². The lowest BCUT2D eigenvalue weighted by atomic mass is 9.77. The van der Waals surface area contributed by atoms with Crippen LogP contribution in [0.1, 0.15) is 32.8 Å². The molecule has 0 radical (unpaired) electrons. The number of anilines is 1. The van der Waals surface area contributed by atoms with E-state index in [-0.39, 0.29) is 5.54 Å². The van der Waals surface area contributed by atoms with E-state index in [0.29, 0.717) is 11.7 Å². The summed E-state index contributed by atoms with van der Waals surface area (Å²) in [6.07, 6.45) is 2.16. The molecule has 1 aliphatic heterocycles. The van der Waals surface area contributed by atoms with Crippen LogP contribution in [0.25, 0.3) is 0 Å². The minimum absolute atomic E-state index is 0.184. The Morgan fingerprint density at radius 3 is 2.93 bits per heavy atom. The molecule has 2 N–H and O–H groups in total. The molecule has 1 aromatic carbocycles. The second-order valence-electron chi connectivity index (χ2n) is 4.84. The maximum atomic E-state index is 9.43. The number of rotatable bonds is 1. The number of nitrogens with one attached hydrogen (secondary N) is 1. The van der Waals surface area contributed by atoms with Crippen molar-refractivity contribution in [3.63, 3.8) is 0 Å². The van der Waals surface area contributed by atoms with Gasteiger partial charge in [0.25, 0.3) is 0 Å². The Labute approximate surface area is 91.3 Å². The van der Waals surface area contributed by atoms with Gasteiger partial charge in [0, 0.05) is 11.2 Å². The van der Waals surface area contributed by atoms with Gasteiger partial charge in [-0.25, -0.2) is 0 Å². The first-order valence-electron chi connectivity index (χ1n) is 5.65. The van der Waals surface area contributed by atoms with Crippen molar-refractivity contribution in [1.29, 1.82) is 0 Å². The first kappa shape index (κ1) is 10.3. The zero-order valence-electron chi connectivity index (χ0n) is 9.67. The predicted molar refractivity (Wildman–Crippen MR) is 63.3 cm³/mol. The minimum Gasteiger partial charge on any atom is -0.508 e. The summed E-state index contributed by atoms with van der Waals surface area (Å²) < 4.78 is 0. The first-order valence-corrected chi connectivity index (χ1v) is 5.65. The Hall–Kier alpha value is -1.18. The van der Waals surface area contributed by atoms with E-state index in [0.717, 1.165) is 12.8 Å². The van der Waals surface area contributed by atoms with Gasteiger partial charge in [-0.1, -0.05) is 13.8 Å². The van der Waals surface area contributed by atoms with E-state index in [2.05, 4.69) is 26.1 Å². The highest BCUT2D eigenvalue weighted by Gasteiger charge is 2.33. The van der Waals surface area contributed by atoms with Crippen LogP contribution in [0.5, 0.6) is 5.75 Å². The molecule has 2 rings (SSSR count). The van der Waals surface area contributed by atoms with Crippen LogP contribution in [-0.2, 0) is 6.42 Å². The van der Waals surface area contributed by atoms with Crippen molar-refractivity contribution in [3.8, 4) is 5.75 Å². The Bertz CT molecular complexity index is 375. The van der Waals surface area contributed by atoms with Gasteiger partial charge < -0.3 is 10.4 Å². The molecule has 0 spiro atoms. The van der Waals surface area contributed by atoms with Crippen LogP contribution in [0, 0.1) is 5.92 Å². The van der Waals surface area contributed by atoms with Gasteiger partial charge in [0.05, 0.1) is 0 Å². The molecule has 2 unspecified atom stereocenters. The van der Waals surface area contributed by atoms with E-state index in [9.17, 15) is 5.11 Å². The molecule has 1 aromatic rings. The van der Waals surface area contributed by atoms with E-state index in [1.807, 2.05) is 12.1 Å². The van der Waals surface area contributed by atoms with Crippen LogP contribution in [0.2, 0.25) is 0 Å². The smallest absolute Gasteiger partial charge is 0.116 e. The monoisotopic (exact) mass is 205 g/mol. The molecule has 0 bridgehead atoms. The average molecular weight is 205 g/mol. The number of hydrogen-bond acceptors (Lipinski definition) is 2. The van der Waals surface area contributed by atoms with Crippen molar-refractivity contribution in [2.24, 2.45) is 5.92 Å². The summed E-state index contributed by atoms with van der Waals surface area (Å²) >= 11 is 0. The van der Waals surface area contributed by atoms with Gasteiger partial charge in [-0.05, 0) is 49.4 Å². The van der Waals surface area contributed by atoms with Crippen LogP contribution in [-0.4, -0.2) is 10.6 Å². The van der Waals surface area contributed by atoms with Crippen LogP contribution in [0.15, 0.2) is 18.2 Å². The SMILES string of the molecule is CCC1(C)Nc2ccc(O)cc2CC1C. The molecule has 1 aliphatic rings. The van der Waals surface area contributed by atoms with Crippen molar-refractivity contribution < 1.29 is 5.11 Å². The Morgan fingerprint density at radius 1 is 1.53 bits per heavy atom. The van der Waals surface area contributed by atoms with Gasteiger partial charge in [-0.2, -0.15) is 0 Å². The van der Waals surface area contributed by atoms with Crippen LogP contribution >= 0.6 is 0 Å². The number of hydrogen-bond donors (Lipinski definition) is 2. The maximum Gasteiger partial charge on any atom is 0.116 e. The van der Waals surface area contributed by atoms with E-state index in [1.165, 1.54) is 11.3 Å². The number of phenols is 1. The highest BCUT2D eigenvalue weighted by molar-refractivity contribution is 5.58. The quantitative estimate of drug-likeness (QED) is 0.690. The summed E-state index contributed by atoms with van der Waals surface area (Å²) in [6, 6.07) is 5.59. The van der Waals surface area contributed by atoms with Crippen molar-refractivity contribution in [2.45, 2.75) is 39.2 Å². The van der Waals surface area contributed by atoms with Gasteiger partial charge in [0.15, 0.2) is 0 Å². The topological polar surface area (TPSA) is 32.3 Å². The average Bonchev–Trinajstić information content (AvgIpc) is 2.20. The maximum absolute atomic E-state index is 9.43. The van der Waals surface area contributed by atoms with Crippen LogP contribution in [0.3, 0.4) is 0 Å². The van der Waals surface area contributed by atoms with Gasteiger partial charge in [-0.3, -0.25) is 0 Å². The second-order valence-corrected chi connectivity index (χ2v) is 4.84. The van der Waals surface area contributed by atoms with Gasteiger partial charge in [-0.15, -0.1) is 0 Å². The molecule has 0 saturated carbocycles. The summed E-state index contributed by atoms with van der Waals surface area (Å²) in [5.41, 5.74) is 2.59. The molecule has 0 fully saturated rings. The van der Waals surface area contributed by atoms with Crippen LogP contribution < -0.4 is 5.32 Å². The van der Waals surface area contributed by atoms with Crippen molar-refractivity contribution in [3.05, 3.63) is 23.8 Å². The molecule has 1 heterocycles. The molecule has 2 heteroatoms. The fourth-order valence-electron chi connectivity index (χ4n) is 2.29. The Kier molecular flexibility index (Phi) is 2.37. The number of fused-ring (bicyclic) bond motifs is 1. The van der Waals surface area contributed by atoms with Crippen molar-refractivity contribution >= 4 is 5.69 Å². The van der Waals surface area contributed by atoms with E-state index in [4.69, 9.17) is 0 Å². The lowest BCUT2D eigenvalue weighted by Crippen LogP contribution is -2.44. The van der Waals surface area contributed by atoms with Gasteiger partial charge >= 0.3 is 0 Å². The minimum atomic E-state index is 0.184. The molecular formula is C13H19NO. The molecule has 0 aliphatic carbocycles. The van der Waals surface area contributed by atoms with E-state index >= 15 is 0 Å². The first-order chi connectivity index (χ1) is 7.05. The zero-order chi connectivity index (χ0) is 11.1. The third-order valence-corrected chi connectivity index (χ3v) is 3.86. The molecular weight excluding hydrogens is 186 g/mol. The summed E-state index contributed by atoms with van der Waals surface area (Å²) in [5.74, 6) is 0.958. The second kappa shape index (κ2) is 3.44. The summed E-state index contributed by atoms with van der Waals surface area (Å²) in [6.45, 7) is 6.76. The molecule has 2 atom stereocenters. The normalized spacial score (nSPS) is 29.4. The standard InChI is InChI=1S/C13H19NO/c1-4-13(3)9(2)7-10-8-11(15)5-6-12(10)14-13/h5-6,8-9,14-15H,4,7H2,1-3H3. The highest BCUT2D eigenvalue weighted by Crippen LogP contribution is 2.37. The predicted octanol–water partition coefficient (Wildman–Crippen LogP) is 3.17. The summed E-state index contributed by atoms with van der Waals surface area (Å²) in [5, 5.41) is 13.0. The zero-order valence-corrected chi connectivity index (χ0v) is 9.67.